The van der Waals surface area contributed by atoms with E-state index in [1.165, 1.54) is 30.3 Å². The van der Waals surface area contributed by atoms with E-state index in [-0.39, 0.29) is 26.9 Å². The highest BCUT2D eigenvalue weighted by Crippen LogP contribution is 2.24. The molecule has 0 heterocycles. The predicted octanol–water partition coefficient (Wildman–Crippen LogP) is 4.08. The van der Waals surface area contributed by atoms with Gasteiger partial charge >= 0.3 is 5.97 Å². The van der Waals surface area contributed by atoms with Gasteiger partial charge in [0.25, 0.3) is 5.91 Å². The van der Waals surface area contributed by atoms with Crippen LogP contribution in [0.15, 0.2) is 36.4 Å². The number of aromatic carboxylic acids is 1. The van der Waals surface area contributed by atoms with Crippen molar-refractivity contribution in [1.82, 2.24) is 0 Å². The summed E-state index contributed by atoms with van der Waals surface area (Å²) in [6.45, 7) is 0. The third-order valence-corrected chi connectivity index (χ3v) is 3.27. The summed E-state index contributed by atoms with van der Waals surface area (Å²) >= 11 is 11.4. The molecule has 108 valence electrons. The molecule has 0 bridgehead atoms. The van der Waals surface area contributed by atoms with Crippen molar-refractivity contribution in [3.8, 4) is 0 Å². The van der Waals surface area contributed by atoms with E-state index in [1.807, 2.05) is 0 Å². The van der Waals surface area contributed by atoms with Crippen LogP contribution in [0.4, 0.5) is 10.1 Å². The largest absolute Gasteiger partial charge is 0.478 e. The lowest BCUT2D eigenvalue weighted by atomic mass is 10.1. The number of carboxylic acids is 1. The van der Waals surface area contributed by atoms with Crippen molar-refractivity contribution in [3.63, 3.8) is 0 Å². The Bertz CT molecular complexity index is 734. The van der Waals surface area contributed by atoms with E-state index in [1.54, 1.807) is 0 Å². The second kappa shape index (κ2) is 6.11. The van der Waals surface area contributed by atoms with Gasteiger partial charge in [0.2, 0.25) is 0 Å². The summed E-state index contributed by atoms with van der Waals surface area (Å²) in [6.07, 6.45) is 0. The van der Waals surface area contributed by atoms with Gasteiger partial charge in [-0.1, -0.05) is 23.2 Å². The quantitative estimate of drug-likeness (QED) is 0.892. The Hall–Kier alpha value is -2.11. The van der Waals surface area contributed by atoms with Crippen molar-refractivity contribution in [2.24, 2.45) is 0 Å². The third-order valence-electron chi connectivity index (χ3n) is 2.65. The Kier molecular flexibility index (Phi) is 4.45. The van der Waals surface area contributed by atoms with E-state index < -0.39 is 17.7 Å². The summed E-state index contributed by atoms with van der Waals surface area (Å²) in [4.78, 5) is 22.7. The number of hydrogen-bond acceptors (Lipinski definition) is 2. The predicted molar refractivity (Wildman–Crippen MR) is 77.8 cm³/mol. The summed E-state index contributed by atoms with van der Waals surface area (Å²) in [7, 11) is 0. The summed E-state index contributed by atoms with van der Waals surface area (Å²) < 4.78 is 13.3. The lowest BCUT2D eigenvalue weighted by Crippen LogP contribution is -2.12. The second-order valence-electron chi connectivity index (χ2n) is 4.08. The molecule has 2 rings (SSSR count). The van der Waals surface area contributed by atoms with Crippen molar-refractivity contribution in [3.05, 3.63) is 63.4 Å². The highest BCUT2D eigenvalue weighted by Gasteiger charge is 2.12. The zero-order chi connectivity index (χ0) is 15.6. The Labute approximate surface area is 129 Å². The van der Waals surface area contributed by atoms with Crippen LogP contribution in [0.3, 0.4) is 0 Å². The van der Waals surface area contributed by atoms with Crippen LogP contribution < -0.4 is 5.32 Å². The highest BCUT2D eigenvalue weighted by atomic mass is 35.5. The average molecular weight is 328 g/mol. The van der Waals surface area contributed by atoms with Crippen LogP contribution in [0.2, 0.25) is 10.0 Å². The van der Waals surface area contributed by atoms with Gasteiger partial charge in [0.15, 0.2) is 0 Å². The molecule has 4 nitrogen and oxygen atoms in total. The van der Waals surface area contributed by atoms with Gasteiger partial charge in [0.05, 0.1) is 21.3 Å². The number of carbonyl (C=O) groups is 2. The van der Waals surface area contributed by atoms with Gasteiger partial charge in [0.1, 0.15) is 5.82 Å². The van der Waals surface area contributed by atoms with E-state index in [9.17, 15) is 14.0 Å². The first-order chi connectivity index (χ1) is 9.88. The van der Waals surface area contributed by atoms with Gasteiger partial charge in [-0.3, -0.25) is 4.79 Å². The molecule has 2 aromatic carbocycles. The molecule has 0 unspecified atom stereocenters. The molecule has 0 atom stereocenters. The number of carbonyl (C=O) groups excluding carboxylic acids is 1. The van der Waals surface area contributed by atoms with Crippen LogP contribution in [0.1, 0.15) is 20.7 Å². The molecule has 0 aliphatic heterocycles. The minimum atomic E-state index is -1.13. The van der Waals surface area contributed by atoms with Crippen LogP contribution in [0.25, 0.3) is 0 Å². The van der Waals surface area contributed by atoms with E-state index >= 15 is 0 Å². The highest BCUT2D eigenvalue weighted by molar-refractivity contribution is 6.34. The molecule has 0 aliphatic rings. The minimum absolute atomic E-state index is 0.00413. The molecular weight excluding hydrogens is 320 g/mol. The number of anilines is 1. The molecule has 0 aromatic heterocycles. The van der Waals surface area contributed by atoms with Crippen LogP contribution in [-0.2, 0) is 0 Å². The zero-order valence-electron chi connectivity index (χ0n) is 10.4. The smallest absolute Gasteiger partial charge is 0.335 e. The summed E-state index contributed by atoms with van der Waals surface area (Å²) in [6, 6.07) is 7.49. The number of halogens is 3. The first kappa shape index (κ1) is 15.3. The maximum Gasteiger partial charge on any atom is 0.335 e. The monoisotopic (exact) mass is 327 g/mol. The third kappa shape index (κ3) is 3.51. The van der Waals surface area contributed by atoms with Gasteiger partial charge in [-0.15, -0.1) is 0 Å². The van der Waals surface area contributed by atoms with Gasteiger partial charge in [-0.25, -0.2) is 9.18 Å². The summed E-state index contributed by atoms with van der Waals surface area (Å²) in [5.41, 5.74) is 0.285. The SMILES string of the molecule is O=C(O)c1ccc(NC(=O)c2ccc(Cl)c(F)c2)c(Cl)c1. The molecule has 2 N–H and O–H groups in total. The average Bonchev–Trinajstić information content (AvgIpc) is 2.43. The lowest BCUT2D eigenvalue weighted by Gasteiger charge is -2.08. The van der Waals surface area contributed by atoms with Crippen LogP contribution >= 0.6 is 23.2 Å². The van der Waals surface area contributed by atoms with Gasteiger partial charge in [0, 0.05) is 5.56 Å². The fraction of sp³-hybridized carbons (Fsp3) is 0. The van der Waals surface area contributed by atoms with Crippen LogP contribution in [0.5, 0.6) is 0 Å². The molecule has 0 aliphatic carbocycles. The van der Waals surface area contributed by atoms with Gasteiger partial charge in [-0.05, 0) is 36.4 Å². The molecular formula is C14H8Cl2FNO3. The van der Waals surface area contributed by atoms with E-state index in [0.29, 0.717) is 0 Å². The van der Waals surface area contributed by atoms with E-state index in [2.05, 4.69) is 5.32 Å². The molecule has 0 saturated carbocycles. The fourth-order valence-electron chi connectivity index (χ4n) is 1.58. The fourth-order valence-corrected chi connectivity index (χ4v) is 1.93. The van der Waals surface area contributed by atoms with Gasteiger partial charge < -0.3 is 10.4 Å². The normalized spacial score (nSPS) is 10.2. The van der Waals surface area contributed by atoms with Gasteiger partial charge in [-0.2, -0.15) is 0 Å². The maximum atomic E-state index is 13.3. The molecule has 0 spiro atoms. The minimum Gasteiger partial charge on any atom is -0.478 e. The summed E-state index contributed by atoms with van der Waals surface area (Å²) in [5, 5.41) is 11.3. The molecule has 0 radical (unpaired) electrons. The van der Waals surface area contributed by atoms with Crippen molar-refractivity contribution in [2.75, 3.05) is 5.32 Å². The molecule has 7 heteroatoms. The van der Waals surface area contributed by atoms with Crippen LogP contribution in [-0.4, -0.2) is 17.0 Å². The van der Waals surface area contributed by atoms with Crippen molar-refractivity contribution in [1.29, 1.82) is 0 Å². The number of amides is 1. The molecule has 1 amide bonds. The zero-order valence-corrected chi connectivity index (χ0v) is 11.9. The van der Waals surface area contributed by atoms with Crippen LogP contribution in [0, 0.1) is 5.82 Å². The Balaban J connectivity index is 2.23. The Morgan fingerprint density at radius 2 is 1.67 bits per heavy atom. The van der Waals surface area contributed by atoms with E-state index in [4.69, 9.17) is 28.3 Å². The molecule has 21 heavy (non-hydrogen) atoms. The number of carboxylic acid groups (broad SMARTS) is 1. The summed E-state index contributed by atoms with van der Waals surface area (Å²) in [5.74, 6) is -2.43. The maximum absolute atomic E-state index is 13.3. The number of benzene rings is 2. The van der Waals surface area contributed by atoms with E-state index in [0.717, 1.165) is 6.07 Å². The van der Waals surface area contributed by atoms with Crippen molar-refractivity contribution >= 4 is 40.8 Å². The first-order valence-corrected chi connectivity index (χ1v) is 6.43. The number of nitrogens with one attached hydrogen (secondary N) is 1. The Morgan fingerprint density at radius 3 is 2.24 bits per heavy atom. The van der Waals surface area contributed by atoms with Crippen molar-refractivity contribution in [2.45, 2.75) is 0 Å². The molecule has 2 aromatic rings. The lowest BCUT2D eigenvalue weighted by molar-refractivity contribution is 0.0696. The number of hydrogen-bond donors (Lipinski definition) is 2. The Morgan fingerprint density at radius 1 is 1.00 bits per heavy atom. The first-order valence-electron chi connectivity index (χ1n) is 5.67. The second-order valence-corrected chi connectivity index (χ2v) is 4.90. The van der Waals surface area contributed by atoms with Crippen molar-refractivity contribution < 1.29 is 19.1 Å². The molecule has 0 fully saturated rings. The topological polar surface area (TPSA) is 66.4 Å². The standard InChI is InChI=1S/C14H8Cl2FNO3/c15-9-3-1-7(6-11(9)17)13(19)18-12-4-2-8(14(20)21)5-10(12)16/h1-6H,(H,18,19)(H,20,21). The molecule has 0 saturated heterocycles. The number of rotatable bonds is 3.